The van der Waals surface area contributed by atoms with Crippen molar-refractivity contribution in [3.8, 4) is 0 Å². The fraction of sp³-hybridized carbons (Fsp3) is 0. The molecule has 0 bridgehead atoms. The SMILES string of the molecule is Nc1ccc(C(=O)Nc2cc(Cl)ccc2[N+](=O)[O-])c(F)c1. The number of nitro benzene ring substituents is 1. The lowest BCUT2D eigenvalue weighted by Crippen LogP contribution is -2.15. The summed E-state index contributed by atoms with van der Waals surface area (Å²) in [5.74, 6) is -1.66. The minimum Gasteiger partial charge on any atom is -0.399 e. The highest BCUT2D eigenvalue weighted by Crippen LogP contribution is 2.28. The van der Waals surface area contributed by atoms with Crippen LogP contribution < -0.4 is 11.1 Å². The Morgan fingerprint density at radius 2 is 2.00 bits per heavy atom. The molecule has 0 spiro atoms. The summed E-state index contributed by atoms with van der Waals surface area (Å²) in [5.41, 5.74) is 4.81. The van der Waals surface area contributed by atoms with Crippen LogP contribution in [0.4, 0.5) is 21.5 Å². The molecule has 8 heteroatoms. The van der Waals surface area contributed by atoms with Crippen molar-refractivity contribution < 1.29 is 14.1 Å². The fourth-order valence-electron chi connectivity index (χ4n) is 1.67. The van der Waals surface area contributed by atoms with Gasteiger partial charge in [0.25, 0.3) is 11.6 Å². The molecule has 0 saturated heterocycles. The third-order valence-corrected chi connectivity index (χ3v) is 2.88. The molecule has 21 heavy (non-hydrogen) atoms. The molecule has 0 unspecified atom stereocenters. The zero-order valence-corrected chi connectivity index (χ0v) is 11.2. The van der Waals surface area contributed by atoms with Crippen LogP contribution in [0.25, 0.3) is 0 Å². The monoisotopic (exact) mass is 309 g/mol. The van der Waals surface area contributed by atoms with Crippen LogP contribution in [0.2, 0.25) is 5.02 Å². The van der Waals surface area contributed by atoms with Crippen LogP contribution >= 0.6 is 11.6 Å². The molecule has 2 aromatic rings. The first-order chi connectivity index (χ1) is 9.88. The third kappa shape index (κ3) is 3.26. The minimum absolute atomic E-state index is 0.117. The van der Waals surface area contributed by atoms with Crippen LogP contribution in [0, 0.1) is 15.9 Å². The number of carbonyl (C=O) groups is 1. The van der Waals surface area contributed by atoms with Crippen molar-refractivity contribution >= 4 is 34.6 Å². The number of nitrogens with zero attached hydrogens (tertiary/aromatic N) is 1. The second-order valence-corrected chi connectivity index (χ2v) is 4.55. The summed E-state index contributed by atoms with van der Waals surface area (Å²) in [6, 6.07) is 7.21. The van der Waals surface area contributed by atoms with Crippen molar-refractivity contribution in [1.29, 1.82) is 0 Å². The normalized spacial score (nSPS) is 10.2. The number of carbonyl (C=O) groups excluding carboxylic acids is 1. The molecule has 0 radical (unpaired) electrons. The summed E-state index contributed by atoms with van der Waals surface area (Å²) >= 11 is 5.74. The van der Waals surface area contributed by atoms with Gasteiger partial charge in [0.05, 0.1) is 10.5 Å². The lowest BCUT2D eigenvalue weighted by atomic mass is 10.1. The van der Waals surface area contributed by atoms with Gasteiger partial charge in [-0.15, -0.1) is 0 Å². The number of benzene rings is 2. The zero-order chi connectivity index (χ0) is 15.6. The van der Waals surface area contributed by atoms with E-state index >= 15 is 0 Å². The molecule has 108 valence electrons. The lowest BCUT2D eigenvalue weighted by molar-refractivity contribution is -0.383. The van der Waals surface area contributed by atoms with Crippen LogP contribution in [-0.2, 0) is 0 Å². The predicted octanol–water partition coefficient (Wildman–Crippen LogP) is 3.22. The maximum absolute atomic E-state index is 13.6. The highest BCUT2D eigenvalue weighted by atomic mass is 35.5. The van der Waals surface area contributed by atoms with Crippen molar-refractivity contribution in [1.82, 2.24) is 0 Å². The van der Waals surface area contributed by atoms with E-state index in [2.05, 4.69) is 5.32 Å². The standard InChI is InChI=1S/C13H9ClFN3O3/c14-7-1-4-12(18(20)21)11(5-7)17-13(19)9-3-2-8(16)6-10(9)15/h1-6H,16H2,(H,17,19). The largest absolute Gasteiger partial charge is 0.399 e. The van der Waals surface area contributed by atoms with Crippen molar-refractivity contribution in [2.45, 2.75) is 0 Å². The molecule has 3 N–H and O–H groups in total. The van der Waals surface area contributed by atoms with Crippen molar-refractivity contribution in [2.24, 2.45) is 0 Å². The van der Waals surface area contributed by atoms with E-state index < -0.39 is 16.6 Å². The van der Waals surface area contributed by atoms with Crippen molar-refractivity contribution in [3.63, 3.8) is 0 Å². The molecule has 0 fully saturated rings. The number of nitrogen functional groups attached to an aromatic ring is 1. The molecular weight excluding hydrogens is 301 g/mol. The second kappa shape index (κ2) is 5.76. The summed E-state index contributed by atoms with van der Waals surface area (Å²) in [5, 5.41) is 13.3. The van der Waals surface area contributed by atoms with Gasteiger partial charge in [0.2, 0.25) is 0 Å². The zero-order valence-electron chi connectivity index (χ0n) is 10.5. The summed E-state index contributed by atoms with van der Waals surface area (Å²) < 4.78 is 13.6. The van der Waals surface area contributed by atoms with Crippen LogP contribution in [0.5, 0.6) is 0 Å². The van der Waals surface area contributed by atoms with Gasteiger partial charge < -0.3 is 11.1 Å². The van der Waals surface area contributed by atoms with Gasteiger partial charge in [-0.2, -0.15) is 0 Å². The maximum Gasteiger partial charge on any atom is 0.292 e. The van der Waals surface area contributed by atoms with E-state index in [-0.39, 0.29) is 27.6 Å². The molecule has 2 aromatic carbocycles. The molecule has 1 amide bonds. The minimum atomic E-state index is -0.835. The Morgan fingerprint density at radius 3 is 2.62 bits per heavy atom. The molecule has 2 rings (SSSR count). The first-order valence-corrected chi connectivity index (χ1v) is 6.06. The van der Waals surface area contributed by atoms with Gasteiger partial charge >= 0.3 is 0 Å². The molecule has 6 nitrogen and oxygen atoms in total. The van der Waals surface area contributed by atoms with E-state index in [4.69, 9.17) is 17.3 Å². The van der Waals surface area contributed by atoms with Gasteiger partial charge in [0.1, 0.15) is 11.5 Å². The van der Waals surface area contributed by atoms with E-state index in [9.17, 15) is 19.3 Å². The lowest BCUT2D eigenvalue weighted by Gasteiger charge is -2.07. The summed E-state index contributed by atoms with van der Waals surface area (Å²) in [7, 11) is 0. The molecule has 0 aliphatic carbocycles. The Balaban J connectivity index is 2.35. The topological polar surface area (TPSA) is 98.3 Å². The highest BCUT2D eigenvalue weighted by Gasteiger charge is 2.19. The Hall–Kier alpha value is -2.67. The van der Waals surface area contributed by atoms with Gasteiger partial charge in [0.15, 0.2) is 0 Å². The smallest absolute Gasteiger partial charge is 0.292 e. The molecule has 0 atom stereocenters. The van der Waals surface area contributed by atoms with Gasteiger partial charge in [-0.3, -0.25) is 14.9 Å². The number of nitrogens with two attached hydrogens (primary N) is 1. The van der Waals surface area contributed by atoms with E-state index in [0.29, 0.717) is 0 Å². The van der Waals surface area contributed by atoms with E-state index in [1.165, 1.54) is 24.3 Å². The number of amides is 1. The van der Waals surface area contributed by atoms with Crippen LogP contribution in [0.1, 0.15) is 10.4 Å². The number of hydrogen-bond acceptors (Lipinski definition) is 4. The summed E-state index contributed by atoms with van der Waals surface area (Å²) in [6.07, 6.45) is 0. The van der Waals surface area contributed by atoms with Crippen LogP contribution in [0.15, 0.2) is 36.4 Å². The Morgan fingerprint density at radius 1 is 1.29 bits per heavy atom. The van der Waals surface area contributed by atoms with Crippen LogP contribution in [-0.4, -0.2) is 10.8 Å². The number of rotatable bonds is 3. The first kappa shape index (κ1) is 14.7. The van der Waals surface area contributed by atoms with Gasteiger partial charge in [-0.05, 0) is 30.3 Å². The summed E-state index contributed by atoms with van der Waals surface area (Å²) in [4.78, 5) is 22.2. The molecule has 0 aliphatic heterocycles. The Labute approximate surface area is 123 Å². The molecule has 0 aliphatic rings. The van der Waals surface area contributed by atoms with Crippen molar-refractivity contribution in [2.75, 3.05) is 11.1 Å². The van der Waals surface area contributed by atoms with Gasteiger partial charge in [0, 0.05) is 16.8 Å². The first-order valence-electron chi connectivity index (χ1n) is 5.69. The Kier molecular flexibility index (Phi) is 4.04. The van der Waals surface area contributed by atoms with E-state index in [0.717, 1.165) is 12.1 Å². The molecule has 0 saturated carbocycles. The van der Waals surface area contributed by atoms with Gasteiger partial charge in [-0.1, -0.05) is 11.6 Å². The quantitative estimate of drug-likeness (QED) is 0.516. The fourth-order valence-corrected chi connectivity index (χ4v) is 1.84. The van der Waals surface area contributed by atoms with Gasteiger partial charge in [-0.25, -0.2) is 4.39 Å². The van der Waals surface area contributed by atoms with Crippen LogP contribution in [0.3, 0.4) is 0 Å². The van der Waals surface area contributed by atoms with E-state index in [1.54, 1.807) is 0 Å². The molecule has 0 heterocycles. The summed E-state index contributed by atoms with van der Waals surface area (Å²) in [6.45, 7) is 0. The number of hydrogen-bond donors (Lipinski definition) is 2. The third-order valence-electron chi connectivity index (χ3n) is 2.64. The highest BCUT2D eigenvalue weighted by molar-refractivity contribution is 6.31. The number of nitrogens with one attached hydrogen (secondary N) is 1. The Bertz CT molecular complexity index is 737. The maximum atomic E-state index is 13.6. The second-order valence-electron chi connectivity index (χ2n) is 4.11. The predicted molar refractivity (Wildman–Crippen MR) is 76.9 cm³/mol. The van der Waals surface area contributed by atoms with E-state index in [1.807, 2.05) is 0 Å². The average Bonchev–Trinajstić information content (AvgIpc) is 2.37. The van der Waals surface area contributed by atoms with Crippen molar-refractivity contribution in [3.05, 3.63) is 62.9 Å². The molecular formula is C13H9ClFN3O3. The average molecular weight is 310 g/mol. The number of halogens is 2. The molecule has 0 aromatic heterocycles. The number of anilines is 2. The number of nitro groups is 1.